The number of hydrogen-bond acceptors (Lipinski definition) is 5. The summed E-state index contributed by atoms with van der Waals surface area (Å²) in [6.07, 6.45) is 9.39. The second-order valence-corrected chi connectivity index (χ2v) is 9.87. The predicted molar refractivity (Wildman–Crippen MR) is 113 cm³/mol. The first kappa shape index (κ1) is 18.7. The average molecular weight is 407 g/mol. The van der Waals surface area contributed by atoms with Crippen molar-refractivity contribution in [3.8, 4) is 17.6 Å². The van der Waals surface area contributed by atoms with Crippen LogP contribution in [0.5, 0.6) is 11.5 Å². The van der Waals surface area contributed by atoms with Crippen molar-refractivity contribution in [2.45, 2.75) is 62.2 Å². The monoisotopic (exact) mass is 406 g/mol. The quantitative estimate of drug-likeness (QED) is 0.552. The van der Waals surface area contributed by atoms with Crippen LogP contribution in [0, 0.1) is 22.7 Å². The molecule has 2 fully saturated rings. The number of rotatable bonds is 5. The van der Waals surface area contributed by atoms with Gasteiger partial charge in [-0.3, -0.25) is 0 Å². The Kier molecular flexibility index (Phi) is 3.76. The van der Waals surface area contributed by atoms with Gasteiger partial charge in [0.05, 0.1) is 24.0 Å². The summed E-state index contributed by atoms with van der Waals surface area (Å²) in [5, 5.41) is 10.1. The Labute approximate surface area is 178 Å². The van der Waals surface area contributed by atoms with Crippen LogP contribution in [0.4, 0.5) is 0 Å². The number of piperidine rings is 1. The molecule has 4 bridgehead atoms. The van der Waals surface area contributed by atoms with Gasteiger partial charge in [0.25, 0.3) is 0 Å². The molecule has 1 saturated heterocycles. The summed E-state index contributed by atoms with van der Waals surface area (Å²) in [6.45, 7) is 3.92. The molecule has 5 nitrogen and oxygen atoms in total. The van der Waals surface area contributed by atoms with E-state index in [1.54, 1.807) is 7.11 Å². The Morgan fingerprint density at radius 2 is 2.20 bits per heavy atom. The minimum atomic E-state index is -0.703. The van der Waals surface area contributed by atoms with E-state index in [-0.39, 0.29) is 22.9 Å². The van der Waals surface area contributed by atoms with E-state index >= 15 is 0 Å². The van der Waals surface area contributed by atoms with Crippen LogP contribution in [0.3, 0.4) is 0 Å². The molecular formula is C25H30N2O3. The Morgan fingerprint density at radius 3 is 2.97 bits per heavy atom. The molecule has 1 saturated carbocycles. The lowest BCUT2D eigenvalue weighted by Gasteiger charge is -2.70. The summed E-state index contributed by atoms with van der Waals surface area (Å²) in [4.78, 5) is 2.51. The fourth-order valence-electron chi connectivity index (χ4n) is 7.63. The molecule has 6 aliphatic rings. The lowest BCUT2D eigenvalue weighted by Crippen LogP contribution is -2.78. The third kappa shape index (κ3) is 1.83. The van der Waals surface area contributed by atoms with Crippen LogP contribution in [0.2, 0.25) is 0 Å². The van der Waals surface area contributed by atoms with Gasteiger partial charge in [0.1, 0.15) is 11.7 Å². The molecule has 30 heavy (non-hydrogen) atoms. The first-order chi connectivity index (χ1) is 14.6. The van der Waals surface area contributed by atoms with E-state index in [2.05, 4.69) is 49.2 Å². The first-order valence-electron chi connectivity index (χ1n) is 11.4. The molecule has 6 atom stereocenters. The van der Waals surface area contributed by atoms with E-state index in [9.17, 15) is 5.26 Å². The number of nitriles is 1. The molecule has 1 aromatic rings. The van der Waals surface area contributed by atoms with Crippen LogP contribution in [0.25, 0.3) is 0 Å². The van der Waals surface area contributed by atoms with Crippen molar-refractivity contribution in [1.82, 2.24) is 4.90 Å². The zero-order valence-corrected chi connectivity index (χ0v) is 18.1. The number of likely N-dealkylation sites (tertiary alicyclic amines) is 1. The van der Waals surface area contributed by atoms with Gasteiger partial charge in [0, 0.05) is 24.1 Å². The van der Waals surface area contributed by atoms with E-state index in [0.29, 0.717) is 12.6 Å². The second-order valence-electron chi connectivity index (χ2n) is 9.87. The molecule has 2 spiro atoms. The van der Waals surface area contributed by atoms with Gasteiger partial charge in [0.15, 0.2) is 11.5 Å². The van der Waals surface area contributed by atoms with Crippen LogP contribution in [-0.4, -0.2) is 50.0 Å². The summed E-state index contributed by atoms with van der Waals surface area (Å²) in [5.41, 5.74) is 1.80. The largest absolute Gasteiger partial charge is 0.490 e. The van der Waals surface area contributed by atoms with E-state index in [1.165, 1.54) is 11.1 Å². The molecule has 158 valence electrons. The molecule has 1 aromatic carbocycles. The Bertz CT molecular complexity index is 983. The van der Waals surface area contributed by atoms with Gasteiger partial charge in [-0.25, -0.2) is 0 Å². The SMILES string of the molecule is CCCCOc1ccc2c3c1O[C@H]1[C@@]4(OC)C=C[C@@]5(C[C@H]4C#N)[C@@H](C2)N(C)CC[C@]315. The Balaban J connectivity index is 1.60. The number of nitrogens with zero attached hydrogens (tertiary/aromatic N) is 2. The molecule has 0 radical (unpaired) electrons. The number of hydrogen-bond donors (Lipinski definition) is 0. The normalized spacial score (nSPS) is 41.9. The number of benzene rings is 1. The van der Waals surface area contributed by atoms with Crippen LogP contribution in [0.15, 0.2) is 24.3 Å². The van der Waals surface area contributed by atoms with Crippen molar-refractivity contribution in [3.05, 3.63) is 35.4 Å². The molecular weight excluding hydrogens is 376 g/mol. The lowest BCUT2D eigenvalue weighted by molar-refractivity contribution is -0.203. The molecule has 5 heteroatoms. The Hall–Kier alpha value is -2.03. The summed E-state index contributed by atoms with van der Waals surface area (Å²) >= 11 is 0. The number of fused-ring (bicyclic) bond motifs is 1. The van der Waals surface area contributed by atoms with E-state index < -0.39 is 5.60 Å². The average Bonchev–Trinajstić information content (AvgIpc) is 3.14. The van der Waals surface area contributed by atoms with Gasteiger partial charge in [-0.05, 0) is 50.9 Å². The third-order valence-electron chi connectivity index (χ3n) is 8.97. The van der Waals surface area contributed by atoms with Gasteiger partial charge < -0.3 is 19.1 Å². The first-order valence-corrected chi connectivity index (χ1v) is 11.4. The van der Waals surface area contributed by atoms with Crippen molar-refractivity contribution in [2.75, 3.05) is 27.3 Å². The van der Waals surface area contributed by atoms with Gasteiger partial charge in [-0.2, -0.15) is 5.26 Å². The summed E-state index contributed by atoms with van der Waals surface area (Å²) in [7, 11) is 3.98. The molecule has 0 amide bonds. The van der Waals surface area contributed by atoms with E-state index in [4.69, 9.17) is 14.2 Å². The maximum atomic E-state index is 10.1. The molecule has 0 aromatic heterocycles. The predicted octanol–water partition coefficient (Wildman–Crippen LogP) is 3.61. The summed E-state index contributed by atoms with van der Waals surface area (Å²) in [6, 6.07) is 7.34. The fraction of sp³-hybridized carbons (Fsp3) is 0.640. The number of methoxy groups -OCH3 is 1. The summed E-state index contributed by atoms with van der Waals surface area (Å²) in [5.74, 6) is 1.57. The van der Waals surface area contributed by atoms with Crippen molar-refractivity contribution in [2.24, 2.45) is 11.3 Å². The van der Waals surface area contributed by atoms with Crippen LogP contribution in [-0.2, 0) is 16.6 Å². The lowest BCUT2D eigenvalue weighted by atomic mass is 9.37. The van der Waals surface area contributed by atoms with Crippen LogP contribution in [0.1, 0.15) is 43.7 Å². The van der Waals surface area contributed by atoms with Crippen molar-refractivity contribution >= 4 is 0 Å². The minimum Gasteiger partial charge on any atom is -0.490 e. The van der Waals surface area contributed by atoms with Gasteiger partial charge in [-0.15, -0.1) is 0 Å². The zero-order chi connectivity index (χ0) is 20.7. The number of ether oxygens (including phenoxy) is 3. The zero-order valence-electron chi connectivity index (χ0n) is 18.1. The topological polar surface area (TPSA) is 54.7 Å². The highest BCUT2D eigenvalue weighted by Gasteiger charge is 2.79. The van der Waals surface area contributed by atoms with Gasteiger partial charge in [-0.1, -0.05) is 31.6 Å². The maximum absolute atomic E-state index is 10.1. The van der Waals surface area contributed by atoms with Crippen molar-refractivity contribution in [3.63, 3.8) is 0 Å². The van der Waals surface area contributed by atoms with Crippen LogP contribution >= 0.6 is 0 Å². The molecule has 4 aliphatic carbocycles. The highest BCUT2D eigenvalue weighted by molar-refractivity contribution is 5.65. The smallest absolute Gasteiger partial charge is 0.166 e. The maximum Gasteiger partial charge on any atom is 0.166 e. The molecule has 7 rings (SSSR count). The highest BCUT2D eigenvalue weighted by Crippen LogP contribution is 2.74. The third-order valence-corrected chi connectivity index (χ3v) is 8.97. The number of likely N-dealkylation sites (N-methyl/N-ethyl adjacent to an activating group) is 1. The van der Waals surface area contributed by atoms with Crippen molar-refractivity contribution < 1.29 is 14.2 Å². The molecule has 0 N–H and O–H groups in total. The standard InChI is InChI=1S/C25H30N2O3/c1-4-5-12-29-18-7-6-16-13-19-23-8-9-25(28-3,17(14-23)15-26)22-24(23,10-11-27(19)2)20(16)21(18)30-22/h6-9,17,19,22H,4-5,10-14H2,1-3H3/t17-,19+,22+,23+,24-,25+/m0/s1. The minimum absolute atomic E-state index is 0.0916. The Morgan fingerprint density at radius 1 is 1.33 bits per heavy atom. The highest BCUT2D eigenvalue weighted by atomic mass is 16.6. The van der Waals surface area contributed by atoms with Crippen LogP contribution < -0.4 is 9.47 Å². The van der Waals surface area contributed by atoms with Gasteiger partial charge >= 0.3 is 0 Å². The van der Waals surface area contributed by atoms with E-state index in [1.807, 2.05) is 0 Å². The fourth-order valence-corrected chi connectivity index (χ4v) is 7.63. The molecule has 0 unspecified atom stereocenters. The van der Waals surface area contributed by atoms with Crippen molar-refractivity contribution in [1.29, 1.82) is 5.26 Å². The second kappa shape index (κ2) is 6.02. The molecule has 2 aliphatic heterocycles. The van der Waals surface area contributed by atoms with Gasteiger partial charge in [0.2, 0.25) is 0 Å². The van der Waals surface area contributed by atoms with E-state index in [0.717, 1.165) is 50.1 Å². The number of unbranched alkanes of at least 4 members (excludes halogenated alkanes) is 1. The summed E-state index contributed by atoms with van der Waals surface area (Å²) < 4.78 is 19.3. The molecule has 2 heterocycles.